The average Bonchev–Trinajstić information content (AvgIpc) is 2.68. The van der Waals surface area contributed by atoms with Gasteiger partial charge in [-0.3, -0.25) is 0 Å². The fourth-order valence-electron chi connectivity index (χ4n) is 2.33. The van der Waals surface area contributed by atoms with Gasteiger partial charge in [0.15, 0.2) is 0 Å². The van der Waals surface area contributed by atoms with Crippen LogP contribution in [0, 0.1) is 20.8 Å². The Balaban J connectivity index is 2.26. The minimum atomic E-state index is 1.15. The molecule has 0 saturated carbocycles. The van der Waals surface area contributed by atoms with Crippen LogP contribution in [0.4, 0.5) is 0 Å². The van der Waals surface area contributed by atoms with Gasteiger partial charge in [0.05, 0.1) is 11.6 Å². The summed E-state index contributed by atoms with van der Waals surface area (Å²) in [5, 5.41) is 1.29. The second-order valence-corrected chi connectivity index (χ2v) is 4.96. The number of aromatic nitrogens is 2. The predicted octanol–water partition coefficient (Wildman–Crippen LogP) is 3.37. The molecule has 0 amide bonds. The first kappa shape index (κ1) is 11.0. The lowest BCUT2D eigenvalue weighted by Gasteiger charge is -1.98. The number of hydrogen-bond acceptors (Lipinski definition) is 0. The zero-order valence-electron chi connectivity index (χ0n) is 11.0. The summed E-state index contributed by atoms with van der Waals surface area (Å²) >= 11 is 0. The zero-order chi connectivity index (χ0) is 12.7. The van der Waals surface area contributed by atoms with Crippen molar-refractivity contribution in [2.45, 2.75) is 20.8 Å². The molecule has 1 aromatic carbocycles. The number of nitrogens with one attached hydrogen (secondary N) is 1. The summed E-state index contributed by atoms with van der Waals surface area (Å²) in [6.45, 7) is 6.37. The number of fused-ring (bicyclic) bond motifs is 1. The fraction of sp³-hybridized carbons (Fsp3) is 0.188. The van der Waals surface area contributed by atoms with Crippen molar-refractivity contribution in [3.05, 3.63) is 59.4 Å². The third-order valence-electron chi connectivity index (χ3n) is 3.36. The van der Waals surface area contributed by atoms with Gasteiger partial charge in [-0.15, -0.1) is 0 Å². The van der Waals surface area contributed by atoms with Crippen molar-refractivity contribution in [3.63, 3.8) is 0 Å². The number of nitrogens with zero attached hydrogens (tertiary/aromatic N) is 1. The maximum Gasteiger partial charge on any atom is 0.292 e. The predicted molar refractivity (Wildman–Crippen MR) is 74.0 cm³/mol. The van der Waals surface area contributed by atoms with Gasteiger partial charge in [0.2, 0.25) is 0 Å². The minimum absolute atomic E-state index is 1.15. The van der Waals surface area contributed by atoms with Gasteiger partial charge >= 0.3 is 0 Å². The van der Waals surface area contributed by atoms with Crippen molar-refractivity contribution < 1.29 is 4.98 Å². The lowest BCUT2D eigenvalue weighted by Crippen LogP contribution is -2.08. The van der Waals surface area contributed by atoms with Crippen LogP contribution in [0.5, 0.6) is 0 Å². The standard InChI is InChI=1S/C16H16N2/c1-11-4-6-14(7-5-11)18-10-13(3)15-8-12(2)9-17-16(15)18/h4-10H,1-3H3/p+1. The third kappa shape index (κ3) is 1.70. The normalized spacial score (nSPS) is 11.1. The molecule has 0 unspecified atom stereocenters. The maximum atomic E-state index is 3.38. The summed E-state index contributed by atoms with van der Waals surface area (Å²) in [6.07, 6.45) is 4.23. The van der Waals surface area contributed by atoms with Crippen molar-refractivity contribution in [1.82, 2.24) is 4.57 Å². The monoisotopic (exact) mass is 237 g/mol. The first-order chi connectivity index (χ1) is 8.65. The molecule has 0 saturated heterocycles. The molecule has 0 aliphatic heterocycles. The van der Waals surface area contributed by atoms with Crippen molar-refractivity contribution in [2.75, 3.05) is 0 Å². The quantitative estimate of drug-likeness (QED) is 0.618. The molecule has 3 rings (SSSR count). The highest BCUT2D eigenvalue weighted by molar-refractivity contribution is 5.79. The molecule has 2 heteroatoms. The largest absolute Gasteiger partial charge is 0.292 e. The maximum absolute atomic E-state index is 3.38. The number of aryl methyl sites for hydroxylation is 3. The Morgan fingerprint density at radius 3 is 2.39 bits per heavy atom. The molecule has 2 aromatic heterocycles. The molecular formula is C16H17N2+. The fourth-order valence-corrected chi connectivity index (χ4v) is 2.33. The first-order valence-corrected chi connectivity index (χ1v) is 6.22. The zero-order valence-corrected chi connectivity index (χ0v) is 11.0. The number of hydrogen-bond donors (Lipinski definition) is 0. The summed E-state index contributed by atoms with van der Waals surface area (Å²) in [4.78, 5) is 3.38. The molecule has 2 heterocycles. The van der Waals surface area contributed by atoms with E-state index in [1.54, 1.807) is 0 Å². The number of aromatic amines is 1. The highest BCUT2D eigenvalue weighted by Crippen LogP contribution is 2.21. The lowest BCUT2D eigenvalue weighted by molar-refractivity contribution is -0.349. The molecule has 18 heavy (non-hydrogen) atoms. The van der Waals surface area contributed by atoms with E-state index in [9.17, 15) is 0 Å². The molecule has 0 bridgehead atoms. The van der Waals surface area contributed by atoms with Crippen LogP contribution in [0.2, 0.25) is 0 Å². The van der Waals surface area contributed by atoms with E-state index in [2.05, 4.69) is 66.9 Å². The Hall–Kier alpha value is -2.09. The summed E-state index contributed by atoms with van der Waals surface area (Å²) in [6, 6.07) is 10.8. The van der Waals surface area contributed by atoms with Gasteiger partial charge in [0.1, 0.15) is 11.9 Å². The Bertz CT molecular complexity index is 706. The average molecular weight is 237 g/mol. The van der Waals surface area contributed by atoms with Gasteiger partial charge in [-0.2, -0.15) is 4.57 Å². The highest BCUT2D eigenvalue weighted by Gasteiger charge is 2.14. The lowest BCUT2D eigenvalue weighted by atomic mass is 10.2. The Morgan fingerprint density at radius 2 is 1.67 bits per heavy atom. The third-order valence-corrected chi connectivity index (χ3v) is 3.36. The summed E-state index contributed by atoms with van der Waals surface area (Å²) in [5.41, 5.74) is 6.19. The van der Waals surface area contributed by atoms with Crippen molar-refractivity contribution in [3.8, 4) is 5.69 Å². The molecule has 0 fully saturated rings. The van der Waals surface area contributed by atoms with Crippen LogP contribution in [-0.2, 0) is 0 Å². The molecular weight excluding hydrogens is 220 g/mol. The van der Waals surface area contributed by atoms with E-state index in [1.807, 2.05) is 6.20 Å². The molecule has 0 radical (unpaired) electrons. The number of rotatable bonds is 1. The van der Waals surface area contributed by atoms with Crippen LogP contribution in [0.3, 0.4) is 0 Å². The van der Waals surface area contributed by atoms with E-state index in [0.29, 0.717) is 0 Å². The van der Waals surface area contributed by atoms with Gasteiger partial charge < -0.3 is 0 Å². The molecule has 90 valence electrons. The van der Waals surface area contributed by atoms with E-state index < -0.39 is 0 Å². The van der Waals surface area contributed by atoms with Crippen LogP contribution in [-0.4, -0.2) is 4.57 Å². The van der Waals surface area contributed by atoms with E-state index in [0.717, 1.165) is 5.65 Å². The Morgan fingerprint density at radius 1 is 0.944 bits per heavy atom. The molecule has 0 aliphatic rings. The molecule has 0 atom stereocenters. The van der Waals surface area contributed by atoms with Gasteiger partial charge in [-0.25, -0.2) is 4.98 Å². The van der Waals surface area contributed by atoms with E-state index in [1.165, 1.54) is 27.8 Å². The summed E-state index contributed by atoms with van der Waals surface area (Å²) < 4.78 is 2.21. The van der Waals surface area contributed by atoms with Gasteiger partial charge in [-0.1, -0.05) is 17.7 Å². The highest BCUT2D eigenvalue weighted by atomic mass is 15.0. The minimum Gasteiger partial charge on any atom is -0.246 e. The van der Waals surface area contributed by atoms with Crippen molar-refractivity contribution in [1.29, 1.82) is 0 Å². The van der Waals surface area contributed by atoms with Crippen LogP contribution in [0.25, 0.3) is 16.7 Å². The van der Waals surface area contributed by atoms with Crippen molar-refractivity contribution in [2.24, 2.45) is 0 Å². The van der Waals surface area contributed by atoms with Crippen LogP contribution >= 0.6 is 0 Å². The Labute approximate surface area is 107 Å². The smallest absolute Gasteiger partial charge is 0.246 e. The van der Waals surface area contributed by atoms with Crippen LogP contribution in [0.1, 0.15) is 16.7 Å². The van der Waals surface area contributed by atoms with Crippen LogP contribution < -0.4 is 4.98 Å². The van der Waals surface area contributed by atoms with Crippen molar-refractivity contribution >= 4 is 11.0 Å². The first-order valence-electron chi connectivity index (χ1n) is 6.22. The molecule has 0 spiro atoms. The van der Waals surface area contributed by atoms with Gasteiger partial charge in [-0.05, 0) is 44.5 Å². The van der Waals surface area contributed by atoms with Gasteiger partial charge in [0.25, 0.3) is 5.65 Å². The summed E-state index contributed by atoms with van der Waals surface area (Å²) in [7, 11) is 0. The molecule has 3 aromatic rings. The van der Waals surface area contributed by atoms with E-state index in [-0.39, 0.29) is 0 Å². The number of benzene rings is 1. The molecule has 0 aliphatic carbocycles. The Kier molecular flexibility index (Phi) is 2.44. The second-order valence-electron chi connectivity index (χ2n) is 4.96. The second kappa shape index (κ2) is 3.98. The van der Waals surface area contributed by atoms with E-state index in [4.69, 9.17) is 0 Å². The molecule has 1 N–H and O–H groups in total. The number of pyridine rings is 1. The number of H-pyrrole nitrogens is 1. The van der Waals surface area contributed by atoms with E-state index >= 15 is 0 Å². The summed E-state index contributed by atoms with van der Waals surface area (Å²) in [5.74, 6) is 0. The molecule has 2 nitrogen and oxygen atoms in total. The SMILES string of the molecule is Cc1ccc(-n2cc(C)c3cc(C)c[nH+]c32)cc1. The topological polar surface area (TPSA) is 19.1 Å². The van der Waals surface area contributed by atoms with Gasteiger partial charge in [0, 0.05) is 5.56 Å². The van der Waals surface area contributed by atoms with Crippen LogP contribution in [0.15, 0.2) is 42.7 Å².